The number of nitrogens with zero attached hydrogens (tertiary/aromatic N) is 1. The van der Waals surface area contributed by atoms with Gasteiger partial charge in [0.05, 0.1) is 5.75 Å². The maximum Gasteiger partial charge on any atom is 0.209 e. The molecule has 2 aliphatic heterocycles. The Morgan fingerprint density at radius 3 is 2.88 bits per heavy atom. The van der Waals surface area contributed by atoms with Crippen LogP contribution in [0.2, 0.25) is 0 Å². The number of nitrogens with two attached hydrogens (primary N) is 1. The van der Waals surface area contributed by atoms with Gasteiger partial charge < -0.3 is 5.32 Å². The smallest absolute Gasteiger partial charge is 0.209 e. The highest BCUT2D eigenvalue weighted by molar-refractivity contribution is 7.89. The Morgan fingerprint density at radius 2 is 2.12 bits per heavy atom. The van der Waals surface area contributed by atoms with E-state index in [2.05, 4.69) is 10.2 Å². The summed E-state index contributed by atoms with van der Waals surface area (Å²) in [7, 11) is -3.29. The number of hydrogen-bond donors (Lipinski definition) is 2. The maximum atomic E-state index is 10.8. The molecule has 2 aliphatic rings. The quantitative estimate of drug-likeness (QED) is 0.642. The summed E-state index contributed by atoms with van der Waals surface area (Å²) < 4.78 is 21.5. The predicted molar refractivity (Wildman–Crippen MR) is 63.6 cm³/mol. The van der Waals surface area contributed by atoms with Gasteiger partial charge in [0.15, 0.2) is 0 Å². The largest absolute Gasteiger partial charge is 0.312 e. The second-order valence-corrected chi connectivity index (χ2v) is 6.55. The first-order valence-corrected chi connectivity index (χ1v) is 7.76. The molecule has 3 N–H and O–H groups in total. The highest BCUT2D eigenvalue weighted by Gasteiger charge is 2.36. The second kappa shape index (κ2) is 5.00. The zero-order chi connectivity index (χ0) is 11.6. The Labute approximate surface area is 97.4 Å². The summed E-state index contributed by atoms with van der Waals surface area (Å²) in [5, 5.41) is 8.42. The number of primary sulfonamides is 1. The number of sulfonamides is 1. The van der Waals surface area contributed by atoms with Crippen molar-refractivity contribution in [2.75, 3.05) is 25.4 Å². The topological polar surface area (TPSA) is 75.4 Å². The van der Waals surface area contributed by atoms with Crippen LogP contribution in [-0.4, -0.2) is 50.8 Å². The summed E-state index contributed by atoms with van der Waals surface area (Å²) in [4.78, 5) is 2.54. The highest BCUT2D eigenvalue weighted by atomic mass is 32.2. The SMILES string of the molecule is NS(=O)(=O)CCCNC1CCN2CCCC12. The number of fused-ring (bicyclic) bond motifs is 1. The molecule has 2 rings (SSSR count). The lowest BCUT2D eigenvalue weighted by Crippen LogP contribution is -2.40. The molecule has 2 atom stereocenters. The zero-order valence-electron chi connectivity index (χ0n) is 9.56. The van der Waals surface area contributed by atoms with Gasteiger partial charge in [0, 0.05) is 18.6 Å². The molecule has 2 unspecified atom stereocenters. The third-order valence-electron chi connectivity index (χ3n) is 3.62. The maximum absolute atomic E-state index is 10.8. The van der Waals surface area contributed by atoms with Crippen LogP contribution in [0.5, 0.6) is 0 Å². The van der Waals surface area contributed by atoms with Crippen LogP contribution in [0.1, 0.15) is 25.7 Å². The minimum absolute atomic E-state index is 0.0844. The van der Waals surface area contributed by atoms with Crippen LogP contribution in [0.25, 0.3) is 0 Å². The third-order valence-corrected chi connectivity index (χ3v) is 4.48. The van der Waals surface area contributed by atoms with E-state index in [9.17, 15) is 8.42 Å². The summed E-state index contributed by atoms with van der Waals surface area (Å²) in [6, 6.07) is 1.25. The van der Waals surface area contributed by atoms with Gasteiger partial charge in [-0.15, -0.1) is 0 Å². The lowest BCUT2D eigenvalue weighted by atomic mass is 10.1. The molecule has 0 aromatic heterocycles. The van der Waals surface area contributed by atoms with Gasteiger partial charge >= 0.3 is 0 Å². The molecule has 6 heteroatoms. The first kappa shape index (κ1) is 12.3. The van der Waals surface area contributed by atoms with Crippen molar-refractivity contribution in [1.82, 2.24) is 10.2 Å². The fourth-order valence-corrected chi connectivity index (χ4v) is 3.43. The van der Waals surface area contributed by atoms with E-state index in [0.29, 0.717) is 18.5 Å². The monoisotopic (exact) mass is 247 g/mol. The van der Waals surface area contributed by atoms with Crippen LogP contribution in [0.15, 0.2) is 0 Å². The number of hydrogen-bond acceptors (Lipinski definition) is 4. The minimum atomic E-state index is -3.29. The van der Waals surface area contributed by atoms with Crippen LogP contribution in [0.4, 0.5) is 0 Å². The van der Waals surface area contributed by atoms with Crippen molar-refractivity contribution in [2.45, 2.75) is 37.8 Å². The van der Waals surface area contributed by atoms with Gasteiger partial charge in [0.1, 0.15) is 0 Å². The van der Waals surface area contributed by atoms with Crippen molar-refractivity contribution in [3.63, 3.8) is 0 Å². The molecule has 0 bridgehead atoms. The van der Waals surface area contributed by atoms with Crippen molar-refractivity contribution in [2.24, 2.45) is 5.14 Å². The average molecular weight is 247 g/mol. The standard InChI is InChI=1S/C10H21N3O2S/c11-16(14,15)8-2-5-12-9-4-7-13-6-1-3-10(9)13/h9-10,12H,1-8H2,(H2,11,14,15). The van der Waals surface area contributed by atoms with E-state index in [0.717, 1.165) is 6.54 Å². The van der Waals surface area contributed by atoms with Gasteiger partial charge in [-0.1, -0.05) is 0 Å². The van der Waals surface area contributed by atoms with Crippen molar-refractivity contribution >= 4 is 10.0 Å². The molecular formula is C10H21N3O2S. The molecule has 94 valence electrons. The molecule has 2 fully saturated rings. The Morgan fingerprint density at radius 1 is 1.31 bits per heavy atom. The molecule has 0 spiro atoms. The molecule has 0 amide bonds. The molecule has 0 saturated carbocycles. The molecule has 5 nitrogen and oxygen atoms in total. The summed E-state index contributed by atoms with van der Waals surface area (Å²) in [5.41, 5.74) is 0. The van der Waals surface area contributed by atoms with Gasteiger partial charge in [-0.05, 0) is 38.8 Å². The average Bonchev–Trinajstić information content (AvgIpc) is 2.73. The predicted octanol–water partition coefficient (Wildman–Crippen LogP) is -0.509. The molecule has 0 aromatic carbocycles. The van der Waals surface area contributed by atoms with E-state index >= 15 is 0 Å². The Kier molecular flexibility index (Phi) is 3.84. The zero-order valence-corrected chi connectivity index (χ0v) is 10.4. The molecule has 16 heavy (non-hydrogen) atoms. The minimum Gasteiger partial charge on any atom is -0.312 e. The summed E-state index contributed by atoms with van der Waals surface area (Å²) in [5.74, 6) is 0.0844. The van der Waals surface area contributed by atoms with Crippen LogP contribution in [-0.2, 0) is 10.0 Å². The first-order valence-electron chi connectivity index (χ1n) is 6.04. The summed E-state index contributed by atoms with van der Waals surface area (Å²) in [6.45, 7) is 3.18. The number of rotatable bonds is 5. The van der Waals surface area contributed by atoms with Gasteiger partial charge in [-0.2, -0.15) is 0 Å². The van der Waals surface area contributed by atoms with Crippen LogP contribution >= 0.6 is 0 Å². The van der Waals surface area contributed by atoms with Crippen molar-refractivity contribution in [1.29, 1.82) is 0 Å². The van der Waals surface area contributed by atoms with Gasteiger partial charge in [-0.3, -0.25) is 4.90 Å². The third kappa shape index (κ3) is 3.16. The second-order valence-electron chi connectivity index (χ2n) is 4.82. The van der Waals surface area contributed by atoms with Crippen molar-refractivity contribution in [3.05, 3.63) is 0 Å². The van der Waals surface area contributed by atoms with E-state index in [1.165, 1.54) is 32.4 Å². The highest BCUT2D eigenvalue weighted by Crippen LogP contribution is 2.27. The van der Waals surface area contributed by atoms with Gasteiger partial charge in [0.25, 0.3) is 0 Å². The summed E-state index contributed by atoms with van der Waals surface area (Å²) >= 11 is 0. The molecule has 2 saturated heterocycles. The Bertz CT molecular complexity index is 331. The summed E-state index contributed by atoms with van der Waals surface area (Å²) in [6.07, 6.45) is 4.40. The number of nitrogens with one attached hydrogen (secondary N) is 1. The van der Waals surface area contributed by atoms with Gasteiger partial charge in [0.2, 0.25) is 10.0 Å². The van der Waals surface area contributed by atoms with Crippen LogP contribution < -0.4 is 10.5 Å². The first-order chi connectivity index (χ1) is 7.56. The van der Waals surface area contributed by atoms with E-state index in [1.807, 2.05) is 0 Å². The van der Waals surface area contributed by atoms with E-state index < -0.39 is 10.0 Å². The van der Waals surface area contributed by atoms with E-state index in [-0.39, 0.29) is 5.75 Å². The normalized spacial score (nSPS) is 30.8. The lowest BCUT2D eigenvalue weighted by molar-refractivity contribution is 0.299. The van der Waals surface area contributed by atoms with E-state index in [1.54, 1.807) is 0 Å². The molecule has 0 aliphatic carbocycles. The fraction of sp³-hybridized carbons (Fsp3) is 1.00. The van der Waals surface area contributed by atoms with Crippen molar-refractivity contribution < 1.29 is 8.42 Å². The van der Waals surface area contributed by atoms with Gasteiger partial charge in [-0.25, -0.2) is 13.6 Å². The Hall–Kier alpha value is -0.170. The molecule has 0 aromatic rings. The van der Waals surface area contributed by atoms with Crippen LogP contribution in [0, 0.1) is 0 Å². The molecular weight excluding hydrogens is 226 g/mol. The van der Waals surface area contributed by atoms with Crippen LogP contribution in [0.3, 0.4) is 0 Å². The van der Waals surface area contributed by atoms with E-state index in [4.69, 9.17) is 5.14 Å². The lowest BCUT2D eigenvalue weighted by Gasteiger charge is -2.21. The molecule has 2 heterocycles. The van der Waals surface area contributed by atoms with Crippen molar-refractivity contribution in [3.8, 4) is 0 Å². The Balaban J connectivity index is 1.67. The molecule has 0 radical (unpaired) electrons. The fourth-order valence-electron chi connectivity index (χ4n) is 2.88.